The highest BCUT2D eigenvalue weighted by Crippen LogP contribution is 2.41. The summed E-state index contributed by atoms with van der Waals surface area (Å²) >= 11 is 6.02. The highest BCUT2D eigenvalue weighted by molar-refractivity contribution is 6.30. The Bertz CT molecular complexity index is 1260. The van der Waals surface area contributed by atoms with E-state index in [1.54, 1.807) is 6.20 Å². The standard InChI is InChI=1S/C24H24ClN5/c1-14-11-20-18(15(2)13-24(3,4)28-20)12-19(14)21-9-10-26-23-27-22(29-30(21)23)16-5-7-17(25)8-6-16/h5-12,15,28H,13H2,1-4H3. The molecule has 1 aliphatic heterocycles. The van der Waals surface area contributed by atoms with Gasteiger partial charge >= 0.3 is 0 Å². The fraction of sp³-hybridized carbons (Fsp3) is 0.292. The summed E-state index contributed by atoms with van der Waals surface area (Å²) in [6.07, 6.45) is 2.90. The van der Waals surface area contributed by atoms with E-state index in [1.807, 2.05) is 34.8 Å². The van der Waals surface area contributed by atoms with E-state index >= 15 is 0 Å². The topological polar surface area (TPSA) is 55.1 Å². The molecule has 4 aromatic rings. The zero-order valence-electron chi connectivity index (χ0n) is 17.6. The molecule has 0 spiro atoms. The second-order valence-corrected chi connectivity index (χ2v) is 9.29. The lowest BCUT2D eigenvalue weighted by Gasteiger charge is -2.38. The van der Waals surface area contributed by atoms with Gasteiger partial charge in [0.1, 0.15) is 0 Å². The Labute approximate surface area is 181 Å². The van der Waals surface area contributed by atoms with Crippen LogP contribution >= 0.6 is 11.6 Å². The first-order valence-corrected chi connectivity index (χ1v) is 10.6. The van der Waals surface area contributed by atoms with Gasteiger partial charge in [-0.05, 0) is 86.7 Å². The van der Waals surface area contributed by atoms with E-state index in [1.165, 1.54) is 16.8 Å². The highest BCUT2D eigenvalue weighted by Gasteiger charge is 2.30. The van der Waals surface area contributed by atoms with Crippen LogP contribution in [-0.2, 0) is 0 Å². The summed E-state index contributed by atoms with van der Waals surface area (Å²) in [6.45, 7) is 8.97. The fourth-order valence-corrected chi connectivity index (χ4v) is 4.65. The minimum atomic E-state index is 0.101. The van der Waals surface area contributed by atoms with Gasteiger partial charge in [0.25, 0.3) is 5.78 Å². The maximum atomic E-state index is 6.02. The molecule has 152 valence electrons. The van der Waals surface area contributed by atoms with Gasteiger partial charge in [-0.25, -0.2) is 4.98 Å². The van der Waals surface area contributed by atoms with Crippen molar-refractivity contribution in [1.82, 2.24) is 19.6 Å². The molecule has 6 heteroatoms. The Hall–Kier alpha value is -2.92. The molecule has 3 heterocycles. The van der Waals surface area contributed by atoms with Crippen LogP contribution in [0.1, 0.15) is 44.2 Å². The van der Waals surface area contributed by atoms with Gasteiger partial charge in [0, 0.05) is 33.6 Å². The largest absolute Gasteiger partial charge is 0.380 e. The van der Waals surface area contributed by atoms with E-state index in [0.29, 0.717) is 22.5 Å². The van der Waals surface area contributed by atoms with Crippen molar-refractivity contribution >= 4 is 23.1 Å². The van der Waals surface area contributed by atoms with Crippen LogP contribution in [0.25, 0.3) is 28.4 Å². The molecule has 1 atom stereocenters. The molecule has 0 radical (unpaired) electrons. The second kappa shape index (κ2) is 6.81. The second-order valence-electron chi connectivity index (χ2n) is 8.85. The lowest BCUT2D eigenvalue weighted by Crippen LogP contribution is -2.36. The van der Waals surface area contributed by atoms with Crippen LogP contribution in [0.3, 0.4) is 0 Å². The maximum Gasteiger partial charge on any atom is 0.253 e. The average Bonchev–Trinajstić information content (AvgIpc) is 3.11. The molecule has 0 saturated heterocycles. The fourth-order valence-electron chi connectivity index (χ4n) is 4.53. The molecule has 2 aromatic heterocycles. The minimum Gasteiger partial charge on any atom is -0.380 e. The van der Waals surface area contributed by atoms with Crippen molar-refractivity contribution in [2.24, 2.45) is 0 Å². The van der Waals surface area contributed by atoms with Crippen molar-refractivity contribution < 1.29 is 0 Å². The zero-order chi connectivity index (χ0) is 21.0. The van der Waals surface area contributed by atoms with E-state index in [0.717, 1.165) is 23.2 Å². The molecule has 2 aromatic carbocycles. The summed E-state index contributed by atoms with van der Waals surface area (Å²) in [5, 5.41) is 9.16. The normalized spacial score (nSPS) is 17.6. The van der Waals surface area contributed by atoms with Crippen molar-refractivity contribution in [2.45, 2.75) is 45.6 Å². The first-order valence-electron chi connectivity index (χ1n) is 10.2. The summed E-state index contributed by atoms with van der Waals surface area (Å²) in [7, 11) is 0. The SMILES string of the molecule is Cc1cc2c(cc1-c1ccnc3nc(-c4ccc(Cl)cc4)nn13)C(C)CC(C)(C)N2. The van der Waals surface area contributed by atoms with Crippen LogP contribution < -0.4 is 5.32 Å². The smallest absolute Gasteiger partial charge is 0.253 e. The molecule has 5 rings (SSSR count). The van der Waals surface area contributed by atoms with E-state index in [2.05, 4.69) is 55.1 Å². The van der Waals surface area contributed by atoms with Crippen LogP contribution in [0.15, 0.2) is 48.7 Å². The van der Waals surface area contributed by atoms with Crippen LogP contribution in [0.4, 0.5) is 5.69 Å². The lowest BCUT2D eigenvalue weighted by molar-refractivity contribution is 0.454. The Morgan fingerprint density at radius 2 is 1.90 bits per heavy atom. The van der Waals surface area contributed by atoms with Crippen molar-refractivity contribution in [3.8, 4) is 22.6 Å². The number of hydrogen-bond acceptors (Lipinski definition) is 4. The van der Waals surface area contributed by atoms with Gasteiger partial charge < -0.3 is 5.32 Å². The molecule has 0 fully saturated rings. The number of nitrogens with one attached hydrogen (secondary N) is 1. The number of rotatable bonds is 2. The van der Waals surface area contributed by atoms with E-state index < -0.39 is 0 Å². The van der Waals surface area contributed by atoms with Crippen molar-refractivity contribution in [3.63, 3.8) is 0 Å². The predicted molar refractivity (Wildman–Crippen MR) is 122 cm³/mol. The Morgan fingerprint density at radius 1 is 1.13 bits per heavy atom. The highest BCUT2D eigenvalue weighted by atomic mass is 35.5. The first-order chi connectivity index (χ1) is 14.3. The predicted octanol–water partition coefficient (Wildman–Crippen LogP) is 6.12. The van der Waals surface area contributed by atoms with E-state index in [9.17, 15) is 0 Å². The maximum absolute atomic E-state index is 6.02. The molecule has 5 nitrogen and oxygen atoms in total. The van der Waals surface area contributed by atoms with E-state index in [4.69, 9.17) is 16.7 Å². The summed E-state index contributed by atoms with van der Waals surface area (Å²) < 4.78 is 1.84. The lowest BCUT2D eigenvalue weighted by atomic mass is 9.80. The van der Waals surface area contributed by atoms with Crippen molar-refractivity contribution in [1.29, 1.82) is 0 Å². The van der Waals surface area contributed by atoms with Gasteiger partial charge in [-0.1, -0.05) is 18.5 Å². The number of aromatic nitrogens is 4. The van der Waals surface area contributed by atoms with Crippen molar-refractivity contribution in [3.05, 3.63) is 64.8 Å². The van der Waals surface area contributed by atoms with Gasteiger partial charge in [0.15, 0.2) is 5.82 Å². The average molecular weight is 418 g/mol. The molecular weight excluding hydrogens is 394 g/mol. The summed E-state index contributed by atoms with van der Waals surface area (Å²) in [5.41, 5.74) is 6.93. The van der Waals surface area contributed by atoms with Gasteiger partial charge in [-0.3, -0.25) is 0 Å². The Kier molecular flexibility index (Phi) is 4.33. The van der Waals surface area contributed by atoms with Gasteiger partial charge in [-0.2, -0.15) is 9.50 Å². The number of nitrogens with zero attached hydrogens (tertiary/aromatic N) is 4. The number of benzene rings is 2. The zero-order valence-corrected chi connectivity index (χ0v) is 18.3. The van der Waals surface area contributed by atoms with Crippen LogP contribution in [0, 0.1) is 6.92 Å². The van der Waals surface area contributed by atoms with Gasteiger partial charge in [-0.15, -0.1) is 5.10 Å². The molecule has 0 amide bonds. The monoisotopic (exact) mass is 417 g/mol. The summed E-state index contributed by atoms with van der Waals surface area (Å²) in [6, 6.07) is 14.1. The molecule has 1 N–H and O–H groups in total. The van der Waals surface area contributed by atoms with Gasteiger partial charge in [0.2, 0.25) is 0 Å². The molecule has 1 aliphatic rings. The third-order valence-corrected chi connectivity index (χ3v) is 6.09. The van der Waals surface area contributed by atoms with Crippen LogP contribution in [0.2, 0.25) is 5.02 Å². The summed E-state index contributed by atoms with van der Waals surface area (Å²) in [5.74, 6) is 1.70. The van der Waals surface area contributed by atoms with Crippen LogP contribution in [-0.4, -0.2) is 25.1 Å². The Balaban J connectivity index is 1.65. The number of halogens is 1. The Morgan fingerprint density at radius 3 is 2.67 bits per heavy atom. The third-order valence-electron chi connectivity index (χ3n) is 5.84. The van der Waals surface area contributed by atoms with E-state index in [-0.39, 0.29) is 5.54 Å². The molecule has 0 aliphatic carbocycles. The molecule has 30 heavy (non-hydrogen) atoms. The molecular formula is C24H24ClN5. The van der Waals surface area contributed by atoms with Crippen LogP contribution in [0.5, 0.6) is 0 Å². The molecule has 0 bridgehead atoms. The number of aryl methyl sites for hydroxylation is 1. The first kappa shape index (κ1) is 19.1. The third kappa shape index (κ3) is 3.23. The summed E-state index contributed by atoms with van der Waals surface area (Å²) in [4.78, 5) is 9.07. The number of hydrogen-bond donors (Lipinski definition) is 1. The number of anilines is 1. The minimum absolute atomic E-state index is 0.101. The van der Waals surface area contributed by atoms with Gasteiger partial charge in [0.05, 0.1) is 5.69 Å². The number of fused-ring (bicyclic) bond motifs is 2. The molecule has 1 unspecified atom stereocenters. The quantitative estimate of drug-likeness (QED) is 0.427. The van der Waals surface area contributed by atoms with Crippen molar-refractivity contribution in [2.75, 3.05) is 5.32 Å². The molecule has 0 saturated carbocycles.